The standard InChI is InChI=1S/C19H15BrN4O/c1-19(25,14-3-2-4-15(20)11-14)17-9-10-22-18(24-17)23-16-7-5-13(12-21)6-8-16/h2-11,25H,1H3,(H,22,23,24). The molecule has 1 atom stereocenters. The molecule has 1 unspecified atom stereocenters. The van der Waals surface area contributed by atoms with Gasteiger partial charge in [0.15, 0.2) is 0 Å². The van der Waals surface area contributed by atoms with E-state index in [1.54, 1.807) is 43.5 Å². The number of benzene rings is 2. The van der Waals surface area contributed by atoms with Gasteiger partial charge in [-0.3, -0.25) is 0 Å². The van der Waals surface area contributed by atoms with Crippen LogP contribution >= 0.6 is 15.9 Å². The van der Waals surface area contributed by atoms with Crippen molar-refractivity contribution in [2.45, 2.75) is 12.5 Å². The normalized spacial score (nSPS) is 12.9. The highest BCUT2D eigenvalue weighted by Gasteiger charge is 2.27. The van der Waals surface area contributed by atoms with Crippen LogP contribution in [0, 0.1) is 11.3 Å². The van der Waals surface area contributed by atoms with Gasteiger partial charge in [-0.2, -0.15) is 5.26 Å². The third-order valence-corrected chi connectivity index (χ3v) is 4.30. The first-order chi connectivity index (χ1) is 12.0. The molecule has 5 nitrogen and oxygen atoms in total. The van der Waals surface area contributed by atoms with Crippen LogP contribution in [0.5, 0.6) is 0 Å². The van der Waals surface area contributed by atoms with E-state index in [-0.39, 0.29) is 0 Å². The molecule has 0 fully saturated rings. The van der Waals surface area contributed by atoms with Crippen molar-refractivity contribution in [2.75, 3.05) is 5.32 Å². The lowest BCUT2D eigenvalue weighted by atomic mass is 9.92. The maximum absolute atomic E-state index is 11.0. The van der Waals surface area contributed by atoms with Crippen LogP contribution in [0.4, 0.5) is 11.6 Å². The van der Waals surface area contributed by atoms with Crippen molar-refractivity contribution in [3.05, 3.63) is 82.1 Å². The number of nitriles is 1. The molecular formula is C19H15BrN4O. The number of halogens is 1. The van der Waals surface area contributed by atoms with E-state index in [2.05, 4.69) is 37.3 Å². The van der Waals surface area contributed by atoms with E-state index in [0.29, 0.717) is 17.2 Å². The Morgan fingerprint density at radius 1 is 1.16 bits per heavy atom. The van der Waals surface area contributed by atoms with Gasteiger partial charge in [-0.25, -0.2) is 9.97 Å². The van der Waals surface area contributed by atoms with Crippen LogP contribution in [0.25, 0.3) is 0 Å². The van der Waals surface area contributed by atoms with E-state index in [9.17, 15) is 5.11 Å². The molecule has 1 aromatic heterocycles. The van der Waals surface area contributed by atoms with Gasteiger partial charge in [-0.05, 0) is 55.0 Å². The summed E-state index contributed by atoms with van der Waals surface area (Å²) in [5.74, 6) is 0.373. The average Bonchev–Trinajstić information content (AvgIpc) is 2.62. The molecule has 0 saturated carbocycles. The summed E-state index contributed by atoms with van der Waals surface area (Å²) in [6.07, 6.45) is 1.60. The Morgan fingerprint density at radius 2 is 1.92 bits per heavy atom. The maximum atomic E-state index is 11.0. The van der Waals surface area contributed by atoms with E-state index >= 15 is 0 Å². The first-order valence-electron chi connectivity index (χ1n) is 7.58. The Hall–Kier alpha value is -2.75. The topological polar surface area (TPSA) is 81.8 Å². The van der Waals surface area contributed by atoms with E-state index < -0.39 is 5.60 Å². The van der Waals surface area contributed by atoms with E-state index in [0.717, 1.165) is 15.7 Å². The summed E-state index contributed by atoms with van der Waals surface area (Å²) < 4.78 is 0.885. The zero-order valence-electron chi connectivity index (χ0n) is 13.4. The van der Waals surface area contributed by atoms with E-state index in [1.165, 1.54) is 0 Å². The Kier molecular flexibility index (Phi) is 4.79. The predicted octanol–water partition coefficient (Wildman–Crippen LogP) is 4.11. The largest absolute Gasteiger partial charge is 0.379 e. The Morgan fingerprint density at radius 3 is 2.60 bits per heavy atom. The minimum absolute atomic E-state index is 0.373. The first kappa shape index (κ1) is 17.1. The molecule has 0 spiro atoms. The molecule has 0 aliphatic heterocycles. The second kappa shape index (κ2) is 7.01. The van der Waals surface area contributed by atoms with Crippen molar-refractivity contribution < 1.29 is 5.11 Å². The molecule has 25 heavy (non-hydrogen) atoms. The second-order valence-corrected chi connectivity index (χ2v) is 6.58. The molecule has 0 amide bonds. The summed E-state index contributed by atoms with van der Waals surface area (Å²) in [5.41, 5.74) is 1.30. The van der Waals surface area contributed by atoms with Crippen molar-refractivity contribution in [2.24, 2.45) is 0 Å². The fraction of sp³-hybridized carbons (Fsp3) is 0.105. The van der Waals surface area contributed by atoms with Crippen LogP contribution in [0.15, 0.2) is 65.3 Å². The van der Waals surface area contributed by atoms with Gasteiger partial charge < -0.3 is 10.4 Å². The van der Waals surface area contributed by atoms with Gasteiger partial charge >= 0.3 is 0 Å². The fourth-order valence-corrected chi connectivity index (χ4v) is 2.79. The van der Waals surface area contributed by atoms with Crippen LogP contribution in [0.2, 0.25) is 0 Å². The molecule has 0 aliphatic carbocycles. The highest BCUT2D eigenvalue weighted by molar-refractivity contribution is 9.10. The SMILES string of the molecule is CC(O)(c1cccc(Br)c1)c1ccnc(Nc2ccc(C#N)cc2)n1. The molecule has 0 saturated heterocycles. The van der Waals surface area contributed by atoms with Gasteiger partial charge in [0.05, 0.1) is 17.3 Å². The summed E-state index contributed by atoms with van der Waals surface area (Å²) >= 11 is 3.42. The summed E-state index contributed by atoms with van der Waals surface area (Å²) in [6, 6.07) is 18.2. The molecular weight excluding hydrogens is 380 g/mol. The molecule has 6 heteroatoms. The maximum Gasteiger partial charge on any atom is 0.227 e. The van der Waals surface area contributed by atoms with Crippen molar-refractivity contribution in [1.82, 2.24) is 9.97 Å². The first-order valence-corrected chi connectivity index (χ1v) is 8.37. The number of hydrogen-bond acceptors (Lipinski definition) is 5. The highest BCUT2D eigenvalue weighted by Crippen LogP contribution is 2.30. The molecule has 3 aromatic rings. The fourth-order valence-electron chi connectivity index (χ4n) is 2.39. The van der Waals surface area contributed by atoms with Crippen LogP contribution in [-0.2, 0) is 5.60 Å². The lowest BCUT2D eigenvalue weighted by Gasteiger charge is -2.23. The molecule has 2 N–H and O–H groups in total. The molecule has 2 aromatic carbocycles. The molecule has 0 radical (unpaired) electrons. The lowest BCUT2D eigenvalue weighted by Crippen LogP contribution is -2.24. The van der Waals surface area contributed by atoms with Crippen molar-refractivity contribution >= 4 is 27.6 Å². The lowest BCUT2D eigenvalue weighted by molar-refractivity contribution is 0.0973. The number of aromatic nitrogens is 2. The smallest absolute Gasteiger partial charge is 0.227 e. The number of aliphatic hydroxyl groups is 1. The molecule has 0 bridgehead atoms. The van der Waals surface area contributed by atoms with Gasteiger partial charge in [0.25, 0.3) is 0 Å². The van der Waals surface area contributed by atoms with E-state index in [4.69, 9.17) is 5.26 Å². The van der Waals surface area contributed by atoms with Gasteiger partial charge in [0.1, 0.15) is 5.60 Å². The third kappa shape index (κ3) is 3.85. The zero-order chi connectivity index (χ0) is 17.9. The van der Waals surface area contributed by atoms with Crippen molar-refractivity contribution in [3.8, 4) is 6.07 Å². The zero-order valence-corrected chi connectivity index (χ0v) is 15.0. The number of hydrogen-bond donors (Lipinski definition) is 2. The number of rotatable bonds is 4. The average molecular weight is 395 g/mol. The third-order valence-electron chi connectivity index (χ3n) is 3.81. The van der Waals surface area contributed by atoms with E-state index in [1.807, 2.05) is 24.3 Å². The number of nitrogens with one attached hydrogen (secondary N) is 1. The summed E-state index contributed by atoms with van der Waals surface area (Å²) in [4.78, 5) is 8.63. The minimum atomic E-state index is -1.26. The number of nitrogens with zero attached hydrogens (tertiary/aromatic N) is 3. The monoisotopic (exact) mass is 394 g/mol. The van der Waals surface area contributed by atoms with Crippen LogP contribution < -0.4 is 5.32 Å². The summed E-state index contributed by atoms with van der Waals surface area (Å²) in [6.45, 7) is 1.70. The Bertz CT molecular complexity index is 933. The van der Waals surface area contributed by atoms with Crippen molar-refractivity contribution in [3.63, 3.8) is 0 Å². The molecule has 3 rings (SSSR count). The summed E-state index contributed by atoms with van der Waals surface area (Å²) in [7, 11) is 0. The molecule has 0 aliphatic rings. The quantitative estimate of drug-likeness (QED) is 0.695. The van der Waals surface area contributed by atoms with Gasteiger partial charge in [0, 0.05) is 16.4 Å². The predicted molar refractivity (Wildman–Crippen MR) is 99.3 cm³/mol. The van der Waals surface area contributed by atoms with Gasteiger partial charge in [-0.15, -0.1) is 0 Å². The second-order valence-electron chi connectivity index (χ2n) is 5.66. The van der Waals surface area contributed by atoms with Crippen LogP contribution in [-0.4, -0.2) is 15.1 Å². The van der Waals surface area contributed by atoms with Gasteiger partial charge in [-0.1, -0.05) is 28.1 Å². The van der Waals surface area contributed by atoms with Crippen molar-refractivity contribution in [1.29, 1.82) is 5.26 Å². The molecule has 124 valence electrons. The highest BCUT2D eigenvalue weighted by atomic mass is 79.9. The Balaban J connectivity index is 1.89. The van der Waals surface area contributed by atoms with Crippen LogP contribution in [0.1, 0.15) is 23.7 Å². The Labute approximate surface area is 154 Å². The minimum Gasteiger partial charge on any atom is -0.379 e. The molecule has 1 heterocycles. The number of anilines is 2. The summed E-state index contributed by atoms with van der Waals surface area (Å²) in [5, 5.41) is 22.9. The van der Waals surface area contributed by atoms with Crippen LogP contribution in [0.3, 0.4) is 0 Å². The van der Waals surface area contributed by atoms with Gasteiger partial charge in [0.2, 0.25) is 5.95 Å².